The van der Waals surface area contributed by atoms with Crippen molar-refractivity contribution in [3.63, 3.8) is 0 Å². The van der Waals surface area contributed by atoms with Gasteiger partial charge in [-0.3, -0.25) is 24.3 Å². The molecule has 0 radical (unpaired) electrons. The molecule has 0 unspecified atom stereocenters. The van der Waals surface area contributed by atoms with E-state index in [1.165, 1.54) is 5.56 Å². The lowest BCUT2D eigenvalue weighted by Crippen LogP contribution is -2.40. The molecule has 44 heavy (non-hydrogen) atoms. The second-order valence-electron chi connectivity index (χ2n) is 11.5. The van der Waals surface area contributed by atoms with Gasteiger partial charge in [-0.1, -0.05) is 42.0 Å². The van der Waals surface area contributed by atoms with E-state index >= 15 is 0 Å². The number of methoxy groups -OCH3 is 1. The lowest BCUT2D eigenvalue weighted by Gasteiger charge is -2.31. The van der Waals surface area contributed by atoms with Gasteiger partial charge in [-0.05, 0) is 81.4 Å². The first kappa shape index (κ1) is 32.9. The molecule has 2 aliphatic heterocycles. The number of carbonyl (C=O) groups is 3. The molecule has 0 spiro atoms. The van der Waals surface area contributed by atoms with Crippen LogP contribution in [0.25, 0.3) is 0 Å². The monoisotopic (exact) mass is 617 g/mol. The molecule has 2 aromatic carbocycles. The number of benzene rings is 2. The molecule has 9 nitrogen and oxygen atoms in total. The first-order valence-corrected chi connectivity index (χ1v) is 15.6. The van der Waals surface area contributed by atoms with Gasteiger partial charge in [0.25, 0.3) is 5.91 Å². The summed E-state index contributed by atoms with van der Waals surface area (Å²) >= 11 is -0.750. The number of ketones is 2. The number of hydrogen-bond acceptors (Lipinski definition) is 8. The molecule has 0 N–H and O–H groups in total. The van der Waals surface area contributed by atoms with Crippen LogP contribution in [0, 0.1) is 18.8 Å². The van der Waals surface area contributed by atoms with Gasteiger partial charge in [-0.15, -0.1) is 0 Å². The molecule has 0 aliphatic carbocycles. The van der Waals surface area contributed by atoms with Gasteiger partial charge < -0.3 is 9.64 Å². The Morgan fingerprint density at radius 1 is 0.841 bits per heavy atom. The summed E-state index contributed by atoms with van der Waals surface area (Å²) in [6.07, 6.45) is 5.33. The molecule has 0 atom stereocenters. The molecule has 10 heteroatoms. The van der Waals surface area contributed by atoms with Gasteiger partial charge >= 0.3 is 11.6 Å². The predicted molar refractivity (Wildman–Crippen MR) is 167 cm³/mol. The summed E-state index contributed by atoms with van der Waals surface area (Å²) in [5.74, 6) is 1.25. The highest BCUT2D eigenvalue weighted by Gasteiger charge is 2.29. The lowest BCUT2D eigenvalue weighted by atomic mass is 9.88. The third-order valence-corrected chi connectivity index (χ3v) is 8.54. The van der Waals surface area contributed by atoms with Crippen LogP contribution in [0.3, 0.4) is 0 Å². The average molecular weight is 618 g/mol. The normalized spacial score (nSPS) is 16.0. The molecule has 2 aliphatic rings. The molecule has 0 saturated carbocycles. The minimum atomic E-state index is -0.750. The largest absolute Gasteiger partial charge is 0.497 e. The summed E-state index contributed by atoms with van der Waals surface area (Å²) in [5, 5.41) is 0. The van der Waals surface area contributed by atoms with Crippen LogP contribution in [-0.2, 0) is 18.1 Å². The molecule has 3 heterocycles. The van der Waals surface area contributed by atoms with Crippen LogP contribution in [0.15, 0.2) is 66.9 Å². The Bertz CT molecular complexity index is 1440. The molecular formula is C34H39N3O6S. The average Bonchev–Trinajstić information content (AvgIpc) is 3.06. The van der Waals surface area contributed by atoms with E-state index in [0.717, 1.165) is 49.4 Å². The summed E-state index contributed by atoms with van der Waals surface area (Å²) in [4.78, 5) is 47.4. The fraction of sp³-hybridized carbons (Fsp3) is 0.412. The summed E-state index contributed by atoms with van der Waals surface area (Å²) < 4.78 is 21.8. The van der Waals surface area contributed by atoms with Crippen molar-refractivity contribution in [1.29, 1.82) is 0 Å². The topological polar surface area (TPSA) is 114 Å². The number of carbonyl (C=O) groups excluding carboxylic acids is 3. The van der Waals surface area contributed by atoms with Gasteiger partial charge in [-0.25, -0.2) is 0 Å². The fourth-order valence-corrected chi connectivity index (χ4v) is 5.86. The van der Waals surface area contributed by atoms with E-state index < -0.39 is 11.6 Å². The second-order valence-corrected chi connectivity index (χ2v) is 11.6. The zero-order valence-electron chi connectivity index (χ0n) is 25.3. The van der Waals surface area contributed by atoms with Crippen molar-refractivity contribution in [3.05, 3.63) is 94.8 Å². The molecule has 0 bridgehead atoms. The van der Waals surface area contributed by atoms with Crippen LogP contribution in [-0.4, -0.2) is 74.0 Å². The van der Waals surface area contributed by atoms with E-state index in [1.54, 1.807) is 30.3 Å². The second kappa shape index (κ2) is 16.2. The van der Waals surface area contributed by atoms with Crippen molar-refractivity contribution in [2.24, 2.45) is 11.8 Å². The van der Waals surface area contributed by atoms with Crippen LogP contribution in [0.1, 0.15) is 74.4 Å². The van der Waals surface area contributed by atoms with Crippen molar-refractivity contribution in [1.82, 2.24) is 14.8 Å². The Labute approximate surface area is 262 Å². The maximum absolute atomic E-state index is 13.1. The first-order valence-electron chi connectivity index (χ1n) is 15.0. The summed E-state index contributed by atoms with van der Waals surface area (Å²) in [6, 6.07) is 19.3. The van der Waals surface area contributed by atoms with E-state index in [-0.39, 0.29) is 23.4 Å². The van der Waals surface area contributed by atoms with Gasteiger partial charge in [0.1, 0.15) is 11.4 Å². The minimum absolute atomic E-state index is 0.0657. The molecule has 5 rings (SSSR count). The molecule has 2 saturated heterocycles. The molecule has 1 amide bonds. The van der Waals surface area contributed by atoms with Gasteiger partial charge in [0.15, 0.2) is 11.6 Å². The number of nitrogens with zero attached hydrogens (tertiary/aromatic N) is 3. The molecule has 1 aromatic heterocycles. The summed E-state index contributed by atoms with van der Waals surface area (Å²) in [6.45, 7) is 5.92. The third kappa shape index (κ3) is 9.00. The summed E-state index contributed by atoms with van der Waals surface area (Å²) in [5.41, 5.74) is 4.04. The molecule has 2 fully saturated rings. The molecule has 3 aromatic rings. The number of ether oxygens (including phenoxy) is 1. The van der Waals surface area contributed by atoms with Crippen LogP contribution >= 0.6 is 0 Å². The lowest BCUT2D eigenvalue weighted by molar-refractivity contribution is 0.0645. The van der Waals surface area contributed by atoms with Gasteiger partial charge in [0.05, 0.1) is 7.11 Å². The number of rotatable bonds is 9. The number of Topliss-reactive ketones (excluding diaryl/α,β-unsaturated/α-hetero) is 2. The van der Waals surface area contributed by atoms with E-state index in [9.17, 15) is 14.4 Å². The van der Waals surface area contributed by atoms with Gasteiger partial charge in [0, 0.05) is 49.3 Å². The molecular weight excluding hydrogens is 578 g/mol. The SMILES string of the molecule is COc1ccc(CN2CCC(CC(=O)c3ccc(C(=O)N4CCC(C(=O)c5ccc(C)cc5)CC4)nc3)CC2)cc1.O=S=O. The van der Waals surface area contributed by atoms with Crippen LogP contribution in [0.4, 0.5) is 0 Å². The maximum atomic E-state index is 13.1. The first-order chi connectivity index (χ1) is 21.3. The number of pyridine rings is 1. The van der Waals surface area contributed by atoms with Crippen molar-refractivity contribution < 1.29 is 27.5 Å². The van der Waals surface area contributed by atoms with Crippen molar-refractivity contribution in [2.45, 2.75) is 45.6 Å². The van der Waals surface area contributed by atoms with Gasteiger partial charge in [0.2, 0.25) is 0 Å². The van der Waals surface area contributed by atoms with E-state index in [1.807, 2.05) is 43.3 Å². The predicted octanol–water partition coefficient (Wildman–Crippen LogP) is 4.95. The Morgan fingerprint density at radius 3 is 2.02 bits per heavy atom. The number of amides is 1. The van der Waals surface area contributed by atoms with Gasteiger partial charge in [-0.2, -0.15) is 8.42 Å². The van der Waals surface area contributed by atoms with Crippen LogP contribution < -0.4 is 4.74 Å². The smallest absolute Gasteiger partial charge is 0.335 e. The highest BCUT2D eigenvalue weighted by Crippen LogP contribution is 2.25. The Balaban J connectivity index is 0.00000141. The Kier molecular flexibility index (Phi) is 12.1. The quantitative estimate of drug-likeness (QED) is 0.310. The van der Waals surface area contributed by atoms with Crippen LogP contribution in [0.2, 0.25) is 0 Å². The van der Waals surface area contributed by atoms with Crippen molar-refractivity contribution in [2.75, 3.05) is 33.3 Å². The van der Waals surface area contributed by atoms with E-state index in [4.69, 9.17) is 13.2 Å². The molecule has 232 valence electrons. The van der Waals surface area contributed by atoms with Crippen molar-refractivity contribution in [3.8, 4) is 5.75 Å². The zero-order valence-corrected chi connectivity index (χ0v) is 26.1. The van der Waals surface area contributed by atoms with Crippen molar-refractivity contribution >= 4 is 29.0 Å². The summed E-state index contributed by atoms with van der Waals surface area (Å²) in [7, 11) is 1.67. The Morgan fingerprint density at radius 2 is 1.45 bits per heavy atom. The highest BCUT2D eigenvalue weighted by molar-refractivity contribution is 7.51. The number of aryl methyl sites for hydroxylation is 1. The number of hydrogen-bond donors (Lipinski definition) is 0. The third-order valence-electron chi connectivity index (χ3n) is 8.54. The standard InChI is InChI=1S/C34H39N3O4.O2S/c1-24-3-7-27(8-4-24)33(39)28-15-19-37(20-16-28)34(40)31-12-9-29(22-35-31)32(38)21-25-13-17-36(18-14-25)23-26-5-10-30(41-2)11-6-26;1-3-2/h3-12,22,25,28H,13-21,23H2,1-2H3;. The zero-order chi connectivity index (χ0) is 31.5. The minimum Gasteiger partial charge on any atom is -0.497 e. The highest BCUT2D eigenvalue weighted by atomic mass is 32.1. The number of aromatic nitrogens is 1. The number of piperidine rings is 2. The van der Waals surface area contributed by atoms with E-state index in [2.05, 4.69) is 22.0 Å². The Hall–Kier alpha value is -4.02. The fourth-order valence-electron chi connectivity index (χ4n) is 5.86. The maximum Gasteiger partial charge on any atom is 0.335 e. The number of likely N-dealkylation sites (tertiary alicyclic amines) is 2. The van der Waals surface area contributed by atoms with E-state index in [0.29, 0.717) is 49.5 Å². The van der Waals surface area contributed by atoms with Crippen LogP contribution in [0.5, 0.6) is 5.75 Å².